The van der Waals surface area contributed by atoms with Crippen LogP contribution in [0, 0.1) is 0 Å². The van der Waals surface area contributed by atoms with Crippen LogP contribution in [0.2, 0.25) is 0 Å². The summed E-state index contributed by atoms with van der Waals surface area (Å²) < 4.78 is 0. The number of fused-ring (bicyclic) bond motifs is 6. The molecule has 4 rings (SSSR count). The number of nitrogens with one attached hydrogen (secondary N) is 1. The van der Waals surface area contributed by atoms with Gasteiger partial charge in [0.25, 0.3) is 11.5 Å². The summed E-state index contributed by atoms with van der Waals surface area (Å²) in [6.07, 6.45) is 1.99. The van der Waals surface area contributed by atoms with Crippen molar-refractivity contribution in [3.8, 4) is 0 Å². The summed E-state index contributed by atoms with van der Waals surface area (Å²) in [7, 11) is 0. The number of nitrogens with zero attached hydrogens (tertiary/aromatic N) is 1. The van der Waals surface area contributed by atoms with Gasteiger partial charge >= 0.3 is 0 Å². The fourth-order valence-electron chi connectivity index (χ4n) is 3.43. The molecular weight excluding hydrogens is 240 g/mol. The Hall–Kier alpha value is -2.10. The minimum Gasteiger partial charge on any atom is -0.338 e. The van der Waals surface area contributed by atoms with Gasteiger partial charge in [-0.3, -0.25) is 9.59 Å². The Balaban J connectivity index is 2.13. The molecule has 0 aliphatic carbocycles. The van der Waals surface area contributed by atoms with E-state index < -0.39 is 0 Å². The number of hydrogen-bond donors (Lipinski definition) is 1. The lowest BCUT2D eigenvalue weighted by molar-refractivity contribution is 0.0676. The highest BCUT2D eigenvalue weighted by molar-refractivity contribution is 6.08. The van der Waals surface area contributed by atoms with Gasteiger partial charge in [-0.25, -0.2) is 0 Å². The van der Waals surface area contributed by atoms with Gasteiger partial charge in [-0.2, -0.15) is 0 Å². The van der Waals surface area contributed by atoms with E-state index in [1.807, 2.05) is 29.2 Å². The van der Waals surface area contributed by atoms with Crippen molar-refractivity contribution in [2.45, 2.75) is 18.8 Å². The van der Waals surface area contributed by atoms with E-state index in [4.69, 9.17) is 0 Å². The second-order valence-corrected chi connectivity index (χ2v) is 5.38. The Morgan fingerprint density at radius 2 is 2.05 bits per heavy atom. The summed E-state index contributed by atoms with van der Waals surface area (Å²) in [5, 5.41) is 0.874. The fraction of sp³-hybridized carbons (Fsp3) is 0.333. The van der Waals surface area contributed by atoms with Crippen LogP contribution >= 0.6 is 0 Å². The average molecular weight is 254 g/mol. The number of aromatic nitrogens is 1. The molecule has 1 unspecified atom stereocenters. The van der Waals surface area contributed by atoms with Gasteiger partial charge in [0, 0.05) is 35.5 Å². The van der Waals surface area contributed by atoms with Gasteiger partial charge in [-0.05, 0) is 18.9 Å². The van der Waals surface area contributed by atoms with Gasteiger partial charge in [-0.15, -0.1) is 0 Å². The molecule has 0 radical (unpaired) electrons. The van der Waals surface area contributed by atoms with Crippen LogP contribution in [0.4, 0.5) is 0 Å². The number of piperidine rings is 1. The molecule has 1 atom stereocenters. The van der Waals surface area contributed by atoms with Gasteiger partial charge in [0.15, 0.2) is 0 Å². The lowest BCUT2D eigenvalue weighted by atomic mass is 9.83. The summed E-state index contributed by atoms with van der Waals surface area (Å²) in [4.78, 5) is 29.7. The third kappa shape index (κ3) is 1.40. The Kier molecular flexibility index (Phi) is 2.10. The zero-order chi connectivity index (χ0) is 13.0. The van der Waals surface area contributed by atoms with E-state index in [1.165, 1.54) is 0 Å². The van der Waals surface area contributed by atoms with E-state index in [9.17, 15) is 9.59 Å². The first kappa shape index (κ1) is 10.8. The Morgan fingerprint density at radius 3 is 2.95 bits per heavy atom. The van der Waals surface area contributed by atoms with Gasteiger partial charge in [0.1, 0.15) is 0 Å². The number of aromatic amines is 1. The number of amides is 1. The molecule has 3 heterocycles. The molecule has 1 fully saturated rings. The molecule has 1 aromatic heterocycles. The highest BCUT2D eigenvalue weighted by atomic mass is 16.2. The molecule has 1 amide bonds. The predicted octanol–water partition coefficient (Wildman–Crippen LogP) is 1.86. The second kappa shape index (κ2) is 3.70. The van der Waals surface area contributed by atoms with Crippen LogP contribution < -0.4 is 5.56 Å². The molecule has 0 saturated carbocycles. The van der Waals surface area contributed by atoms with E-state index in [0.29, 0.717) is 17.7 Å². The van der Waals surface area contributed by atoms with E-state index in [2.05, 4.69) is 4.98 Å². The van der Waals surface area contributed by atoms with Crippen LogP contribution in [0.1, 0.15) is 34.7 Å². The zero-order valence-electron chi connectivity index (χ0n) is 10.5. The van der Waals surface area contributed by atoms with Crippen LogP contribution in [0.3, 0.4) is 0 Å². The molecule has 19 heavy (non-hydrogen) atoms. The quantitative estimate of drug-likeness (QED) is 0.780. The molecule has 1 saturated heterocycles. The maximum absolute atomic E-state index is 12.6. The number of para-hydroxylation sites is 1. The second-order valence-electron chi connectivity index (χ2n) is 5.38. The minimum atomic E-state index is -0.0893. The van der Waals surface area contributed by atoms with E-state index >= 15 is 0 Å². The molecule has 1 N–H and O–H groups in total. The van der Waals surface area contributed by atoms with E-state index in [1.54, 1.807) is 0 Å². The van der Waals surface area contributed by atoms with Crippen LogP contribution in [-0.4, -0.2) is 28.9 Å². The average Bonchev–Trinajstić information content (AvgIpc) is 2.44. The molecule has 0 spiro atoms. The summed E-state index contributed by atoms with van der Waals surface area (Å²) in [5.74, 6) is 0.225. The highest BCUT2D eigenvalue weighted by Crippen LogP contribution is 2.35. The number of pyridine rings is 1. The third-order valence-electron chi connectivity index (χ3n) is 4.29. The lowest BCUT2D eigenvalue weighted by Crippen LogP contribution is -2.46. The predicted molar refractivity (Wildman–Crippen MR) is 72.4 cm³/mol. The van der Waals surface area contributed by atoms with Crippen molar-refractivity contribution in [1.82, 2.24) is 9.88 Å². The molecule has 4 nitrogen and oxygen atoms in total. The topological polar surface area (TPSA) is 53.2 Å². The standard InChI is InChI=1S/C15H14N2O2/c18-14-12-9-4-3-7-17(8-9)15(19)13(12)10-5-1-2-6-11(10)16-14/h1-2,5-6,9H,3-4,7-8H2,(H,16,18). The van der Waals surface area contributed by atoms with Crippen molar-refractivity contribution in [3.63, 3.8) is 0 Å². The van der Waals surface area contributed by atoms with Crippen molar-refractivity contribution in [2.24, 2.45) is 0 Å². The minimum absolute atomic E-state index is 0.0215. The van der Waals surface area contributed by atoms with Crippen molar-refractivity contribution in [2.75, 3.05) is 13.1 Å². The molecule has 96 valence electrons. The van der Waals surface area contributed by atoms with Gasteiger partial charge in [-0.1, -0.05) is 18.2 Å². The zero-order valence-corrected chi connectivity index (χ0v) is 10.5. The van der Waals surface area contributed by atoms with E-state index in [0.717, 1.165) is 30.3 Å². The highest BCUT2D eigenvalue weighted by Gasteiger charge is 2.37. The smallest absolute Gasteiger partial charge is 0.255 e. The van der Waals surface area contributed by atoms with Crippen molar-refractivity contribution in [3.05, 3.63) is 45.7 Å². The van der Waals surface area contributed by atoms with Gasteiger partial charge in [0.2, 0.25) is 0 Å². The first-order chi connectivity index (χ1) is 9.25. The first-order valence-electron chi connectivity index (χ1n) is 6.70. The Labute approximate surface area is 110 Å². The van der Waals surface area contributed by atoms with Crippen LogP contribution in [0.25, 0.3) is 10.9 Å². The number of rotatable bonds is 0. The SMILES string of the molecule is O=C1c2c(c(=O)[nH]c3ccccc23)C2CCCN1C2. The largest absolute Gasteiger partial charge is 0.338 e. The van der Waals surface area contributed by atoms with E-state index in [-0.39, 0.29) is 17.4 Å². The summed E-state index contributed by atoms with van der Waals surface area (Å²) in [5.41, 5.74) is 2.00. The first-order valence-corrected chi connectivity index (χ1v) is 6.70. The molecule has 4 heteroatoms. The normalized spacial score (nSPS) is 21.6. The summed E-state index contributed by atoms with van der Waals surface area (Å²) >= 11 is 0. The molecule has 1 aromatic carbocycles. The number of benzene rings is 1. The maximum atomic E-state index is 12.6. The lowest BCUT2D eigenvalue weighted by Gasteiger charge is -2.38. The Morgan fingerprint density at radius 1 is 1.21 bits per heavy atom. The number of carbonyl (C=O) groups excluding carboxylic acids is 1. The fourth-order valence-corrected chi connectivity index (χ4v) is 3.43. The molecular formula is C15H14N2O2. The van der Waals surface area contributed by atoms with Gasteiger partial charge < -0.3 is 9.88 Å². The molecule has 2 bridgehead atoms. The summed E-state index contributed by atoms with van der Waals surface area (Å²) in [6, 6.07) is 7.56. The summed E-state index contributed by atoms with van der Waals surface area (Å²) in [6.45, 7) is 1.52. The molecule has 2 aliphatic heterocycles. The maximum Gasteiger partial charge on any atom is 0.255 e. The van der Waals surface area contributed by atoms with Crippen LogP contribution in [-0.2, 0) is 0 Å². The number of carbonyl (C=O) groups is 1. The Bertz CT molecular complexity index is 747. The monoisotopic (exact) mass is 254 g/mol. The van der Waals surface area contributed by atoms with Crippen molar-refractivity contribution in [1.29, 1.82) is 0 Å². The van der Waals surface area contributed by atoms with Gasteiger partial charge in [0.05, 0.1) is 5.56 Å². The number of H-pyrrole nitrogens is 1. The van der Waals surface area contributed by atoms with Crippen molar-refractivity contribution >= 4 is 16.8 Å². The third-order valence-corrected chi connectivity index (χ3v) is 4.29. The molecule has 2 aliphatic rings. The van der Waals surface area contributed by atoms with Crippen LogP contribution in [0.5, 0.6) is 0 Å². The molecule has 2 aromatic rings. The number of hydrogen-bond acceptors (Lipinski definition) is 2. The van der Waals surface area contributed by atoms with Crippen LogP contribution in [0.15, 0.2) is 29.1 Å². The van der Waals surface area contributed by atoms with Crippen molar-refractivity contribution < 1.29 is 4.79 Å².